The van der Waals surface area contributed by atoms with Crippen molar-refractivity contribution in [2.45, 2.75) is 0 Å². The normalized spacial score (nSPS) is 17.2. The van der Waals surface area contributed by atoms with E-state index in [9.17, 15) is 4.79 Å². The standard InChI is InChI=1S/C3H5N3OS/c4-3(7)6-5-1-2-8-6/h1H,2H2,(H2,4,7). The van der Waals surface area contributed by atoms with Crippen molar-refractivity contribution in [1.82, 2.24) is 4.41 Å². The van der Waals surface area contributed by atoms with E-state index in [-0.39, 0.29) is 0 Å². The molecule has 5 heteroatoms. The van der Waals surface area contributed by atoms with Crippen LogP contribution in [-0.2, 0) is 0 Å². The van der Waals surface area contributed by atoms with Gasteiger partial charge in [0.25, 0.3) is 0 Å². The van der Waals surface area contributed by atoms with E-state index < -0.39 is 6.03 Å². The van der Waals surface area contributed by atoms with Crippen molar-refractivity contribution >= 4 is 24.2 Å². The number of hydrazone groups is 1. The Labute approximate surface area is 50.8 Å². The molecule has 1 heterocycles. The third-order valence-corrected chi connectivity index (χ3v) is 1.46. The highest BCUT2D eigenvalue weighted by Crippen LogP contribution is 2.12. The molecule has 1 aliphatic heterocycles. The van der Waals surface area contributed by atoms with Gasteiger partial charge in [-0.15, -0.1) is 0 Å². The lowest BCUT2D eigenvalue weighted by Crippen LogP contribution is -2.23. The number of rotatable bonds is 0. The zero-order chi connectivity index (χ0) is 5.98. The maximum Gasteiger partial charge on any atom is 0.345 e. The number of urea groups is 1. The molecule has 0 bridgehead atoms. The van der Waals surface area contributed by atoms with Crippen LogP contribution in [-0.4, -0.2) is 22.4 Å². The molecule has 1 aliphatic rings. The SMILES string of the molecule is NC(=O)N1N=CCS1. The van der Waals surface area contributed by atoms with Crippen molar-refractivity contribution in [1.29, 1.82) is 0 Å². The highest BCUT2D eigenvalue weighted by Gasteiger charge is 2.10. The van der Waals surface area contributed by atoms with Gasteiger partial charge in [0.1, 0.15) is 0 Å². The van der Waals surface area contributed by atoms with Crippen molar-refractivity contribution < 1.29 is 4.79 Å². The number of nitrogens with two attached hydrogens (primary N) is 1. The van der Waals surface area contributed by atoms with Crippen LogP contribution in [0.3, 0.4) is 0 Å². The fourth-order valence-electron chi connectivity index (χ4n) is 0.365. The third-order valence-electron chi connectivity index (χ3n) is 0.646. The summed E-state index contributed by atoms with van der Waals surface area (Å²) in [6.45, 7) is 0. The van der Waals surface area contributed by atoms with E-state index in [0.29, 0.717) is 0 Å². The second-order valence-electron chi connectivity index (χ2n) is 1.20. The monoisotopic (exact) mass is 131 g/mol. The Morgan fingerprint density at radius 3 is 3.00 bits per heavy atom. The first kappa shape index (κ1) is 5.43. The van der Waals surface area contributed by atoms with E-state index >= 15 is 0 Å². The number of carbonyl (C=O) groups excluding carboxylic acids is 1. The average molecular weight is 131 g/mol. The maximum absolute atomic E-state index is 10.2. The predicted molar refractivity (Wildman–Crippen MR) is 32.4 cm³/mol. The molecule has 0 saturated carbocycles. The first-order chi connectivity index (χ1) is 3.80. The number of amides is 2. The molecule has 0 aromatic carbocycles. The van der Waals surface area contributed by atoms with Gasteiger partial charge in [0.15, 0.2) is 0 Å². The van der Waals surface area contributed by atoms with Crippen LogP contribution in [0, 0.1) is 0 Å². The van der Waals surface area contributed by atoms with Crippen molar-refractivity contribution in [2.24, 2.45) is 10.8 Å². The van der Waals surface area contributed by atoms with Gasteiger partial charge in [0, 0.05) is 6.21 Å². The number of nitrogens with zero attached hydrogens (tertiary/aromatic N) is 2. The Hall–Kier alpha value is -0.710. The molecular weight excluding hydrogens is 126 g/mol. The summed E-state index contributed by atoms with van der Waals surface area (Å²) < 4.78 is 1.15. The van der Waals surface area contributed by atoms with E-state index in [1.165, 1.54) is 11.9 Å². The molecule has 4 nitrogen and oxygen atoms in total. The zero-order valence-corrected chi connectivity index (χ0v) is 4.89. The molecule has 8 heavy (non-hydrogen) atoms. The first-order valence-electron chi connectivity index (χ1n) is 2.05. The summed E-state index contributed by atoms with van der Waals surface area (Å²) in [5, 5.41) is 3.63. The average Bonchev–Trinajstić information content (AvgIpc) is 2.12. The smallest absolute Gasteiger partial charge is 0.345 e. The van der Waals surface area contributed by atoms with Crippen LogP contribution in [0.5, 0.6) is 0 Å². The summed E-state index contributed by atoms with van der Waals surface area (Å²) in [5.41, 5.74) is 4.85. The van der Waals surface area contributed by atoms with Crippen LogP contribution < -0.4 is 5.73 Å². The molecule has 0 unspecified atom stereocenters. The van der Waals surface area contributed by atoms with Gasteiger partial charge in [-0.25, -0.2) is 4.79 Å². The van der Waals surface area contributed by atoms with E-state index in [4.69, 9.17) is 5.73 Å². The van der Waals surface area contributed by atoms with Gasteiger partial charge >= 0.3 is 6.03 Å². The lowest BCUT2D eigenvalue weighted by Gasteiger charge is -2.02. The van der Waals surface area contributed by atoms with Gasteiger partial charge in [-0.3, -0.25) is 0 Å². The highest BCUT2D eigenvalue weighted by molar-refractivity contribution is 7.98. The Morgan fingerprint density at radius 2 is 2.75 bits per heavy atom. The minimum Gasteiger partial charge on any atom is -0.349 e. The Balaban J connectivity index is 2.48. The van der Waals surface area contributed by atoms with Gasteiger partial charge in [-0.2, -0.15) is 9.52 Å². The lowest BCUT2D eigenvalue weighted by molar-refractivity contribution is 0.236. The molecule has 2 amide bonds. The Kier molecular flexibility index (Phi) is 1.38. The molecule has 0 fully saturated rings. The summed E-state index contributed by atoms with van der Waals surface area (Å²) in [5.74, 6) is 0.739. The largest absolute Gasteiger partial charge is 0.349 e. The molecule has 0 radical (unpaired) electrons. The van der Waals surface area contributed by atoms with E-state index in [0.717, 1.165) is 10.2 Å². The van der Waals surface area contributed by atoms with Crippen molar-refractivity contribution in [2.75, 3.05) is 5.75 Å². The molecule has 44 valence electrons. The first-order valence-corrected chi connectivity index (χ1v) is 3.00. The molecular formula is C3H5N3OS. The second kappa shape index (κ2) is 2.04. The van der Waals surface area contributed by atoms with Gasteiger partial charge in [-0.05, 0) is 11.9 Å². The summed E-state index contributed by atoms with van der Waals surface area (Å²) in [6, 6.07) is -0.510. The minimum absolute atomic E-state index is 0.510. The molecule has 0 saturated heterocycles. The van der Waals surface area contributed by atoms with Crippen LogP contribution in [0.4, 0.5) is 4.79 Å². The summed E-state index contributed by atoms with van der Waals surface area (Å²) in [4.78, 5) is 10.2. The predicted octanol–water partition coefficient (Wildman–Crippen LogP) is 0.0147. The van der Waals surface area contributed by atoms with Crippen LogP contribution in [0.15, 0.2) is 5.10 Å². The fourth-order valence-corrected chi connectivity index (χ4v) is 0.900. The molecule has 0 atom stereocenters. The fraction of sp³-hybridized carbons (Fsp3) is 0.333. The summed E-state index contributed by atoms with van der Waals surface area (Å²) in [6.07, 6.45) is 1.63. The van der Waals surface area contributed by atoms with Gasteiger partial charge in [0.2, 0.25) is 0 Å². The van der Waals surface area contributed by atoms with Crippen molar-refractivity contribution in [3.63, 3.8) is 0 Å². The molecule has 0 aromatic heterocycles. The number of hydrogen-bond donors (Lipinski definition) is 1. The van der Waals surface area contributed by atoms with Crippen molar-refractivity contribution in [3.8, 4) is 0 Å². The summed E-state index contributed by atoms with van der Waals surface area (Å²) in [7, 11) is 0. The Morgan fingerprint density at radius 1 is 2.00 bits per heavy atom. The van der Waals surface area contributed by atoms with E-state index in [2.05, 4.69) is 5.10 Å². The van der Waals surface area contributed by atoms with Gasteiger partial charge in [-0.1, -0.05) is 0 Å². The number of carbonyl (C=O) groups is 1. The second-order valence-corrected chi connectivity index (χ2v) is 2.14. The Bertz CT molecular complexity index is 134. The van der Waals surface area contributed by atoms with E-state index in [1.807, 2.05) is 0 Å². The zero-order valence-electron chi connectivity index (χ0n) is 4.07. The molecule has 2 N–H and O–H groups in total. The van der Waals surface area contributed by atoms with Gasteiger partial charge in [0.05, 0.1) is 5.75 Å². The lowest BCUT2D eigenvalue weighted by atomic mass is 10.9. The molecule has 0 spiro atoms. The van der Waals surface area contributed by atoms with Crippen molar-refractivity contribution in [3.05, 3.63) is 0 Å². The summed E-state index contributed by atoms with van der Waals surface area (Å²) >= 11 is 1.29. The maximum atomic E-state index is 10.2. The van der Waals surface area contributed by atoms with Crippen LogP contribution >= 0.6 is 11.9 Å². The quantitative estimate of drug-likeness (QED) is 0.471. The topological polar surface area (TPSA) is 58.7 Å². The third kappa shape index (κ3) is 0.919. The number of hydrogen-bond acceptors (Lipinski definition) is 3. The molecule has 1 rings (SSSR count). The number of primary amides is 1. The highest BCUT2D eigenvalue weighted by atomic mass is 32.2. The van der Waals surface area contributed by atoms with Gasteiger partial charge < -0.3 is 5.73 Å². The minimum atomic E-state index is -0.510. The molecule has 0 aliphatic carbocycles. The van der Waals surface area contributed by atoms with Crippen LogP contribution in [0.25, 0.3) is 0 Å². The van der Waals surface area contributed by atoms with Crippen LogP contribution in [0.2, 0.25) is 0 Å². The van der Waals surface area contributed by atoms with E-state index in [1.54, 1.807) is 6.21 Å². The molecule has 0 aromatic rings. The van der Waals surface area contributed by atoms with Crippen LogP contribution in [0.1, 0.15) is 0 Å².